The first kappa shape index (κ1) is 16.4. The first-order chi connectivity index (χ1) is 11.8. The molecular weight excluding hydrogens is 332 g/mol. The lowest BCUT2D eigenvalue weighted by Crippen LogP contribution is -2.37. The highest BCUT2D eigenvalue weighted by Gasteiger charge is 2.24. The van der Waals surface area contributed by atoms with Gasteiger partial charge in [-0.05, 0) is 62.4 Å². The Balaban J connectivity index is 1.63. The third-order valence-electron chi connectivity index (χ3n) is 4.95. The van der Waals surface area contributed by atoms with Gasteiger partial charge in [-0.1, -0.05) is 30.3 Å². The molecule has 1 N–H and O–H groups in total. The summed E-state index contributed by atoms with van der Waals surface area (Å²) in [4.78, 5) is 6.63. The zero-order valence-corrected chi connectivity index (χ0v) is 15.8. The van der Waals surface area contributed by atoms with Crippen molar-refractivity contribution in [2.24, 2.45) is 0 Å². The maximum absolute atomic E-state index is 3.69. The Kier molecular flexibility index (Phi) is 5.06. The van der Waals surface area contributed by atoms with Gasteiger partial charge in [0.1, 0.15) is 0 Å². The van der Waals surface area contributed by atoms with Gasteiger partial charge in [0, 0.05) is 27.3 Å². The highest BCUT2D eigenvalue weighted by atomic mass is 32.2. The number of benzene rings is 2. The predicted octanol–water partition coefficient (Wildman–Crippen LogP) is 5.54. The zero-order chi connectivity index (χ0) is 16.4. The van der Waals surface area contributed by atoms with Gasteiger partial charge in [-0.3, -0.25) is 0 Å². The fourth-order valence-corrected chi connectivity index (χ4v) is 5.14. The molecule has 126 valence electrons. The summed E-state index contributed by atoms with van der Waals surface area (Å²) in [7, 11) is 0. The minimum absolute atomic E-state index is 0.674. The summed E-state index contributed by atoms with van der Waals surface area (Å²) in [5.41, 5.74) is 2.74. The van der Waals surface area contributed by atoms with Crippen LogP contribution in [0.5, 0.6) is 0 Å². The molecule has 2 aliphatic heterocycles. The van der Waals surface area contributed by atoms with Gasteiger partial charge in [-0.25, -0.2) is 0 Å². The van der Waals surface area contributed by atoms with E-state index >= 15 is 0 Å². The van der Waals surface area contributed by atoms with Crippen LogP contribution in [0.25, 0.3) is 0 Å². The molecule has 1 unspecified atom stereocenters. The van der Waals surface area contributed by atoms with Crippen LogP contribution >= 0.6 is 23.5 Å². The monoisotopic (exact) mass is 356 g/mol. The van der Waals surface area contributed by atoms with Crippen LogP contribution < -0.4 is 10.2 Å². The Morgan fingerprint density at radius 1 is 1.12 bits per heavy atom. The van der Waals surface area contributed by atoms with E-state index in [2.05, 4.69) is 58.9 Å². The molecule has 24 heavy (non-hydrogen) atoms. The molecule has 4 rings (SSSR count). The average molecular weight is 357 g/mol. The molecule has 0 aromatic heterocycles. The number of nitrogens with one attached hydrogen (secondary N) is 1. The Hall–Kier alpha value is -1.10. The average Bonchev–Trinajstić information content (AvgIpc) is 2.65. The number of thioether (sulfide) groups is 1. The van der Waals surface area contributed by atoms with Gasteiger partial charge in [-0.15, -0.1) is 11.8 Å². The second-order valence-corrected chi connectivity index (χ2v) is 8.45. The Morgan fingerprint density at radius 2 is 2.00 bits per heavy atom. The number of fused-ring (bicyclic) bond motifs is 2. The highest BCUT2D eigenvalue weighted by Crippen LogP contribution is 2.48. The maximum atomic E-state index is 3.69. The van der Waals surface area contributed by atoms with Crippen molar-refractivity contribution in [3.05, 3.63) is 42.5 Å². The lowest BCUT2D eigenvalue weighted by molar-refractivity contribution is 0.385. The molecule has 0 amide bonds. The molecule has 2 heterocycles. The lowest BCUT2D eigenvalue weighted by Gasteiger charge is -2.34. The predicted molar refractivity (Wildman–Crippen MR) is 106 cm³/mol. The summed E-state index contributed by atoms with van der Waals surface area (Å²) in [6, 6.07) is 16.4. The smallest absolute Gasteiger partial charge is 0.0564 e. The van der Waals surface area contributed by atoms with Crippen molar-refractivity contribution in [2.45, 2.75) is 46.4 Å². The maximum Gasteiger partial charge on any atom is 0.0564 e. The van der Waals surface area contributed by atoms with E-state index in [1.165, 1.54) is 58.3 Å². The molecule has 1 atom stereocenters. The molecular formula is C20H24N2S2. The molecule has 0 radical (unpaired) electrons. The molecule has 1 fully saturated rings. The van der Waals surface area contributed by atoms with Crippen molar-refractivity contribution in [3.8, 4) is 0 Å². The van der Waals surface area contributed by atoms with Gasteiger partial charge in [0.25, 0.3) is 0 Å². The van der Waals surface area contributed by atoms with Crippen molar-refractivity contribution in [1.82, 2.24) is 5.32 Å². The Bertz CT molecular complexity index is 711. The summed E-state index contributed by atoms with van der Waals surface area (Å²) in [5.74, 6) is 0. The number of anilines is 2. The second-order valence-electron chi connectivity index (χ2n) is 6.49. The molecule has 0 aliphatic carbocycles. The summed E-state index contributed by atoms with van der Waals surface area (Å²) in [6.45, 7) is 2.27. The standard InChI is InChI=1S/C20H24N2S2/c1-23-16-9-10-20-18(14-16)22(13-11-15-6-4-5-12-21-15)17-7-2-3-8-19(17)24-20/h2-3,7-10,14-15,21H,4-6,11-13H2,1H3. The first-order valence-electron chi connectivity index (χ1n) is 8.81. The van der Waals surface area contributed by atoms with Crippen LogP contribution in [0, 0.1) is 0 Å². The number of rotatable bonds is 4. The molecule has 1 saturated heterocycles. The Labute approximate surface area is 153 Å². The van der Waals surface area contributed by atoms with E-state index in [1.54, 1.807) is 0 Å². The van der Waals surface area contributed by atoms with E-state index < -0.39 is 0 Å². The van der Waals surface area contributed by atoms with E-state index in [4.69, 9.17) is 0 Å². The molecule has 0 bridgehead atoms. The van der Waals surface area contributed by atoms with Crippen LogP contribution in [0.2, 0.25) is 0 Å². The molecule has 2 aliphatic rings. The number of para-hydroxylation sites is 1. The van der Waals surface area contributed by atoms with Gasteiger partial charge in [0.2, 0.25) is 0 Å². The fourth-order valence-electron chi connectivity index (χ4n) is 3.63. The van der Waals surface area contributed by atoms with Crippen LogP contribution in [0.3, 0.4) is 0 Å². The quantitative estimate of drug-likeness (QED) is 0.723. The van der Waals surface area contributed by atoms with Gasteiger partial charge < -0.3 is 10.2 Å². The molecule has 4 heteroatoms. The van der Waals surface area contributed by atoms with Crippen LogP contribution in [-0.2, 0) is 0 Å². The highest BCUT2D eigenvalue weighted by molar-refractivity contribution is 8.00. The van der Waals surface area contributed by atoms with E-state index in [0.717, 1.165) is 6.54 Å². The number of nitrogens with zero attached hydrogens (tertiary/aromatic N) is 1. The van der Waals surface area contributed by atoms with Gasteiger partial charge >= 0.3 is 0 Å². The number of hydrogen-bond acceptors (Lipinski definition) is 4. The van der Waals surface area contributed by atoms with E-state index in [-0.39, 0.29) is 0 Å². The Morgan fingerprint density at radius 3 is 2.83 bits per heavy atom. The van der Waals surface area contributed by atoms with Gasteiger partial charge in [-0.2, -0.15) is 0 Å². The summed E-state index contributed by atoms with van der Waals surface area (Å²) in [5, 5.41) is 3.69. The third kappa shape index (κ3) is 3.32. The minimum Gasteiger partial charge on any atom is -0.340 e. The fraction of sp³-hybridized carbons (Fsp3) is 0.400. The van der Waals surface area contributed by atoms with Crippen LogP contribution in [-0.4, -0.2) is 25.4 Å². The lowest BCUT2D eigenvalue weighted by atomic mass is 10.0. The van der Waals surface area contributed by atoms with E-state index in [1.807, 2.05) is 23.5 Å². The van der Waals surface area contributed by atoms with Gasteiger partial charge in [0.05, 0.1) is 11.4 Å². The van der Waals surface area contributed by atoms with E-state index in [9.17, 15) is 0 Å². The first-order valence-corrected chi connectivity index (χ1v) is 10.8. The summed E-state index contributed by atoms with van der Waals surface area (Å²) < 4.78 is 0. The molecule has 2 nitrogen and oxygen atoms in total. The zero-order valence-electron chi connectivity index (χ0n) is 14.1. The van der Waals surface area contributed by atoms with Crippen molar-refractivity contribution in [1.29, 1.82) is 0 Å². The van der Waals surface area contributed by atoms with Crippen LogP contribution in [0.1, 0.15) is 25.7 Å². The summed E-state index contributed by atoms with van der Waals surface area (Å²) >= 11 is 3.72. The van der Waals surface area contributed by atoms with Crippen molar-refractivity contribution in [3.63, 3.8) is 0 Å². The van der Waals surface area contributed by atoms with Crippen LogP contribution in [0.15, 0.2) is 57.2 Å². The minimum atomic E-state index is 0.674. The number of hydrogen-bond donors (Lipinski definition) is 1. The largest absolute Gasteiger partial charge is 0.340 e. The van der Waals surface area contributed by atoms with Gasteiger partial charge in [0.15, 0.2) is 0 Å². The van der Waals surface area contributed by atoms with Crippen molar-refractivity contribution in [2.75, 3.05) is 24.2 Å². The molecule has 0 saturated carbocycles. The molecule has 2 aromatic rings. The topological polar surface area (TPSA) is 15.3 Å². The summed E-state index contributed by atoms with van der Waals surface area (Å²) in [6.07, 6.45) is 7.39. The van der Waals surface area contributed by atoms with E-state index in [0.29, 0.717) is 6.04 Å². The normalized spacial score (nSPS) is 19.7. The SMILES string of the molecule is CSc1ccc2c(c1)N(CCC1CCCCN1)c1ccccc1S2. The second kappa shape index (κ2) is 7.42. The number of piperidine rings is 1. The van der Waals surface area contributed by atoms with Crippen molar-refractivity contribution < 1.29 is 0 Å². The van der Waals surface area contributed by atoms with Crippen LogP contribution in [0.4, 0.5) is 11.4 Å². The molecule has 0 spiro atoms. The van der Waals surface area contributed by atoms with Crippen molar-refractivity contribution >= 4 is 34.9 Å². The molecule has 2 aromatic carbocycles. The third-order valence-corrected chi connectivity index (χ3v) is 6.80.